The summed E-state index contributed by atoms with van der Waals surface area (Å²) in [4.78, 5) is 17.0. The topological polar surface area (TPSA) is 70.7 Å². The number of rotatable bonds is 3. The number of hydrogen-bond donors (Lipinski definition) is 1. The quantitative estimate of drug-likeness (QED) is 0.783. The summed E-state index contributed by atoms with van der Waals surface area (Å²) in [5.74, 6) is 0.831. The Kier molecular flexibility index (Phi) is 4.00. The molecule has 2 heterocycles. The average Bonchev–Trinajstić information content (AvgIpc) is 3.24. The van der Waals surface area contributed by atoms with Gasteiger partial charge in [0.15, 0.2) is 5.16 Å². The molecule has 122 valence electrons. The Labute approximate surface area is 149 Å². The van der Waals surface area contributed by atoms with Crippen molar-refractivity contribution in [3.05, 3.63) is 65.9 Å². The zero-order valence-corrected chi connectivity index (χ0v) is 14.1. The Morgan fingerprint density at radius 1 is 1.24 bits per heavy atom. The molecule has 1 aliphatic rings. The van der Waals surface area contributed by atoms with Gasteiger partial charge in [-0.05, 0) is 30.3 Å². The van der Waals surface area contributed by atoms with Crippen LogP contribution in [0.1, 0.15) is 15.9 Å². The molecule has 0 saturated carbocycles. The van der Waals surface area contributed by atoms with Gasteiger partial charge in [-0.3, -0.25) is 4.79 Å². The number of benzene rings is 2. The lowest BCUT2D eigenvalue weighted by atomic mass is 10.1. The first-order valence-corrected chi connectivity index (χ1v) is 8.83. The van der Waals surface area contributed by atoms with E-state index in [1.54, 1.807) is 36.0 Å². The lowest BCUT2D eigenvalue weighted by molar-refractivity contribution is 0.102. The molecule has 0 saturated heterocycles. The number of imidazole rings is 1. The molecule has 1 amide bonds. The summed E-state index contributed by atoms with van der Waals surface area (Å²) >= 11 is 1.75. The van der Waals surface area contributed by atoms with Gasteiger partial charge in [0.2, 0.25) is 0 Å². The van der Waals surface area contributed by atoms with Crippen molar-refractivity contribution in [2.75, 3.05) is 11.1 Å². The number of aromatic nitrogens is 2. The van der Waals surface area contributed by atoms with Crippen LogP contribution in [-0.2, 0) is 6.54 Å². The normalized spacial score (nSPS) is 12.4. The van der Waals surface area contributed by atoms with Crippen LogP contribution in [0.2, 0.25) is 0 Å². The molecule has 0 fully saturated rings. The predicted molar refractivity (Wildman–Crippen MR) is 97.5 cm³/mol. The second-order valence-corrected chi connectivity index (χ2v) is 6.74. The highest BCUT2D eigenvalue weighted by atomic mass is 32.2. The molecule has 1 aliphatic heterocycles. The number of nitriles is 1. The molecule has 0 spiro atoms. The molecule has 5 nitrogen and oxygen atoms in total. The lowest BCUT2D eigenvalue weighted by Gasteiger charge is -2.07. The van der Waals surface area contributed by atoms with Gasteiger partial charge >= 0.3 is 0 Å². The molecule has 25 heavy (non-hydrogen) atoms. The van der Waals surface area contributed by atoms with Crippen LogP contribution in [0.5, 0.6) is 0 Å². The summed E-state index contributed by atoms with van der Waals surface area (Å²) in [6.45, 7) is 0.985. The van der Waals surface area contributed by atoms with Gasteiger partial charge in [-0.25, -0.2) is 4.98 Å². The maximum Gasteiger partial charge on any atom is 0.255 e. The number of nitrogens with zero attached hydrogens (tertiary/aromatic N) is 3. The number of nitrogens with one attached hydrogen (secondary N) is 1. The SMILES string of the molecule is N#Cc1cccc(C(=O)Nc2cccc(-c3cn4c(n3)SCC4)c2)c1. The van der Waals surface area contributed by atoms with E-state index in [4.69, 9.17) is 5.26 Å². The molecular formula is C19H14N4OS. The standard InChI is InChI=1S/C19H14N4OS/c20-11-13-3-1-5-15(9-13)18(24)21-16-6-2-4-14(10-16)17-12-23-7-8-25-19(23)22-17/h1-6,9-10,12H,7-8H2,(H,21,24). The van der Waals surface area contributed by atoms with Crippen molar-refractivity contribution < 1.29 is 4.79 Å². The highest BCUT2D eigenvalue weighted by Gasteiger charge is 2.15. The zero-order chi connectivity index (χ0) is 17.2. The Morgan fingerprint density at radius 3 is 2.96 bits per heavy atom. The zero-order valence-electron chi connectivity index (χ0n) is 13.3. The minimum atomic E-state index is -0.239. The molecule has 3 aromatic rings. The molecule has 0 radical (unpaired) electrons. The van der Waals surface area contributed by atoms with E-state index in [-0.39, 0.29) is 5.91 Å². The monoisotopic (exact) mass is 346 g/mol. The number of carbonyl (C=O) groups is 1. The second-order valence-electron chi connectivity index (χ2n) is 5.68. The van der Waals surface area contributed by atoms with Crippen molar-refractivity contribution in [3.8, 4) is 17.3 Å². The van der Waals surface area contributed by atoms with Crippen LogP contribution in [0, 0.1) is 11.3 Å². The molecule has 0 aliphatic carbocycles. The van der Waals surface area contributed by atoms with Crippen molar-refractivity contribution in [3.63, 3.8) is 0 Å². The van der Waals surface area contributed by atoms with Gasteiger partial charge in [-0.15, -0.1) is 0 Å². The predicted octanol–water partition coefficient (Wildman–Crippen LogP) is 3.78. The first-order chi connectivity index (χ1) is 12.2. The van der Waals surface area contributed by atoms with Crippen LogP contribution < -0.4 is 5.32 Å². The van der Waals surface area contributed by atoms with Crippen LogP contribution in [0.15, 0.2) is 59.9 Å². The summed E-state index contributed by atoms with van der Waals surface area (Å²) in [7, 11) is 0. The van der Waals surface area contributed by atoms with Crippen molar-refractivity contribution in [2.24, 2.45) is 0 Å². The highest BCUT2D eigenvalue weighted by molar-refractivity contribution is 7.99. The number of carbonyl (C=O) groups excluding carboxylic acids is 1. The Balaban J connectivity index is 1.57. The largest absolute Gasteiger partial charge is 0.325 e. The number of hydrogen-bond acceptors (Lipinski definition) is 4. The first-order valence-electron chi connectivity index (χ1n) is 7.85. The fourth-order valence-corrected chi connectivity index (χ4v) is 3.68. The van der Waals surface area contributed by atoms with E-state index in [0.29, 0.717) is 16.8 Å². The van der Waals surface area contributed by atoms with E-state index in [0.717, 1.165) is 28.7 Å². The molecule has 1 N–H and O–H groups in total. The van der Waals surface area contributed by atoms with Crippen LogP contribution >= 0.6 is 11.8 Å². The Bertz CT molecular complexity index is 981. The van der Waals surface area contributed by atoms with E-state index in [9.17, 15) is 4.79 Å². The van der Waals surface area contributed by atoms with Gasteiger partial charge in [0.05, 0.1) is 17.3 Å². The first kappa shape index (κ1) is 15.5. The van der Waals surface area contributed by atoms with E-state index in [1.165, 1.54) is 0 Å². The minimum Gasteiger partial charge on any atom is -0.325 e. The number of anilines is 1. The van der Waals surface area contributed by atoms with Gasteiger partial charge in [-0.2, -0.15) is 5.26 Å². The number of amides is 1. The maximum atomic E-state index is 12.4. The molecule has 1 aromatic heterocycles. The summed E-state index contributed by atoms with van der Waals surface area (Å²) in [6, 6.07) is 16.3. The van der Waals surface area contributed by atoms with Crippen molar-refractivity contribution in [1.29, 1.82) is 5.26 Å². The second kappa shape index (κ2) is 6.46. The van der Waals surface area contributed by atoms with Gasteiger partial charge in [0.1, 0.15) is 0 Å². The number of thioether (sulfide) groups is 1. The van der Waals surface area contributed by atoms with E-state index in [1.807, 2.05) is 36.5 Å². The van der Waals surface area contributed by atoms with Crippen LogP contribution in [0.3, 0.4) is 0 Å². The molecule has 0 bridgehead atoms. The molecule has 0 atom stereocenters. The third-order valence-corrected chi connectivity index (χ3v) is 4.94. The third kappa shape index (κ3) is 3.14. The maximum absolute atomic E-state index is 12.4. The lowest BCUT2D eigenvalue weighted by Crippen LogP contribution is -2.11. The summed E-state index contributed by atoms with van der Waals surface area (Å²) in [5, 5.41) is 12.9. The van der Waals surface area contributed by atoms with E-state index >= 15 is 0 Å². The van der Waals surface area contributed by atoms with Crippen LogP contribution in [0.4, 0.5) is 5.69 Å². The highest BCUT2D eigenvalue weighted by Crippen LogP contribution is 2.29. The summed E-state index contributed by atoms with van der Waals surface area (Å²) in [6.07, 6.45) is 2.05. The van der Waals surface area contributed by atoms with E-state index in [2.05, 4.69) is 14.9 Å². The van der Waals surface area contributed by atoms with E-state index < -0.39 is 0 Å². The fraction of sp³-hybridized carbons (Fsp3) is 0.105. The molecular weight excluding hydrogens is 332 g/mol. The average molecular weight is 346 g/mol. The fourth-order valence-electron chi connectivity index (χ4n) is 2.74. The summed E-state index contributed by atoms with van der Waals surface area (Å²) < 4.78 is 2.15. The third-order valence-electron chi connectivity index (χ3n) is 3.97. The Hall–Kier alpha value is -3.04. The van der Waals surface area contributed by atoms with Crippen LogP contribution in [-0.4, -0.2) is 21.2 Å². The van der Waals surface area contributed by atoms with Gasteiger partial charge < -0.3 is 9.88 Å². The molecule has 0 unspecified atom stereocenters. The number of aryl methyl sites for hydroxylation is 1. The summed E-state index contributed by atoms with van der Waals surface area (Å²) in [5.41, 5.74) is 3.50. The molecule has 4 rings (SSSR count). The van der Waals surface area contributed by atoms with Crippen molar-refractivity contribution in [1.82, 2.24) is 9.55 Å². The van der Waals surface area contributed by atoms with Gasteiger partial charge in [0.25, 0.3) is 5.91 Å². The van der Waals surface area contributed by atoms with Gasteiger partial charge in [-0.1, -0.05) is 30.0 Å². The van der Waals surface area contributed by atoms with Gasteiger partial charge in [0, 0.05) is 35.3 Å². The molecule has 6 heteroatoms. The molecule has 2 aromatic carbocycles. The minimum absolute atomic E-state index is 0.239. The Morgan fingerprint density at radius 2 is 2.12 bits per heavy atom. The number of fused-ring (bicyclic) bond motifs is 1. The van der Waals surface area contributed by atoms with Crippen molar-refractivity contribution >= 4 is 23.4 Å². The smallest absolute Gasteiger partial charge is 0.255 e. The van der Waals surface area contributed by atoms with Crippen LogP contribution in [0.25, 0.3) is 11.3 Å². The van der Waals surface area contributed by atoms with Crippen molar-refractivity contribution in [2.45, 2.75) is 11.7 Å².